The number of aromatic amines is 1. The number of rotatable bonds is 6. The van der Waals surface area contributed by atoms with Crippen molar-refractivity contribution in [2.75, 3.05) is 11.1 Å². The molecule has 0 aromatic carbocycles. The number of halogens is 1. The SMILES string of the molecule is Cc1cc(=O)[nH]c(SCC(=O)O[C@@H](C)C(=O)Nc2cccnc2Cl)c1C#N. The average Bonchev–Trinajstić information content (AvgIpc) is 2.61. The molecule has 140 valence electrons. The molecule has 0 spiro atoms. The van der Waals surface area contributed by atoms with Gasteiger partial charge in [0.2, 0.25) is 5.56 Å². The van der Waals surface area contributed by atoms with E-state index in [0.29, 0.717) is 11.3 Å². The molecule has 10 heteroatoms. The Bertz CT molecular complexity index is 970. The van der Waals surface area contributed by atoms with E-state index < -0.39 is 18.0 Å². The first-order valence-electron chi connectivity index (χ1n) is 7.69. The molecular formula is C17H15ClN4O4S. The fourth-order valence-corrected chi connectivity index (χ4v) is 3.06. The smallest absolute Gasteiger partial charge is 0.317 e. The molecule has 27 heavy (non-hydrogen) atoms. The summed E-state index contributed by atoms with van der Waals surface area (Å²) in [5, 5.41) is 12.1. The van der Waals surface area contributed by atoms with Crippen molar-refractivity contribution in [2.24, 2.45) is 0 Å². The molecule has 2 heterocycles. The Balaban J connectivity index is 1.94. The molecule has 0 unspecified atom stereocenters. The molecule has 1 atom stereocenters. The van der Waals surface area contributed by atoms with E-state index in [1.807, 2.05) is 6.07 Å². The maximum atomic E-state index is 12.1. The van der Waals surface area contributed by atoms with Crippen molar-refractivity contribution in [3.05, 3.63) is 51.0 Å². The van der Waals surface area contributed by atoms with E-state index in [4.69, 9.17) is 21.6 Å². The number of carbonyl (C=O) groups excluding carboxylic acids is 2. The zero-order valence-electron chi connectivity index (χ0n) is 14.4. The Morgan fingerprint density at radius 1 is 1.52 bits per heavy atom. The largest absolute Gasteiger partial charge is 0.452 e. The third kappa shape index (κ3) is 5.57. The Kier molecular flexibility index (Phi) is 6.98. The first-order valence-corrected chi connectivity index (χ1v) is 9.06. The summed E-state index contributed by atoms with van der Waals surface area (Å²) in [6.07, 6.45) is 0.408. The van der Waals surface area contributed by atoms with Gasteiger partial charge in [-0.1, -0.05) is 23.4 Å². The summed E-state index contributed by atoms with van der Waals surface area (Å²) >= 11 is 6.81. The molecule has 0 aliphatic carbocycles. The molecule has 0 bridgehead atoms. The van der Waals surface area contributed by atoms with E-state index in [-0.39, 0.29) is 27.1 Å². The van der Waals surface area contributed by atoms with Gasteiger partial charge in [0.05, 0.1) is 22.0 Å². The van der Waals surface area contributed by atoms with E-state index in [1.54, 1.807) is 19.1 Å². The van der Waals surface area contributed by atoms with Crippen LogP contribution in [0.5, 0.6) is 0 Å². The molecule has 2 aromatic heterocycles. The third-order valence-corrected chi connectivity index (χ3v) is 4.62. The first kappa shape index (κ1) is 20.5. The Morgan fingerprint density at radius 3 is 2.93 bits per heavy atom. The van der Waals surface area contributed by atoms with Crippen LogP contribution in [0.2, 0.25) is 5.15 Å². The lowest BCUT2D eigenvalue weighted by atomic mass is 10.2. The summed E-state index contributed by atoms with van der Waals surface area (Å²) in [5.74, 6) is -1.42. The van der Waals surface area contributed by atoms with E-state index in [0.717, 1.165) is 11.8 Å². The molecule has 2 N–H and O–H groups in total. The second-order valence-corrected chi connectivity index (χ2v) is 6.73. The van der Waals surface area contributed by atoms with Gasteiger partial charge in [0.15, 0.2) is 11.3 Å². The summed E-state index contributed by atoms with van der Waals surface area (Å²) in [5.41, 5.74) is 0.725. The summed E-state index contributed by atoms with van der Waals surface area (Å²) < 4.78 is 5.07. The monoisotopic (exact) mass is 406 g/mol. The molecule has 0 aliphatic heterocycles. The van der Waals surface area contributed by atoms with E-state index in [9.17, 15) is 14.4 Å². The average molecular weight is 407 g/mol. The van der Waals surface area contributed by atoms with Crippen molar-refractivity contribution < 1.29 is 14.3 Å². The molecule has 0 saturated carbocycles. The number of aryl methyl sites for hydroxylation is 1. The number of nitriles is 1. The normalized spacial score (nSPS) is 11.3. The number of ether oxygens (including phenoxy) is 1. The molecule has 1 amide bonds. The van der Waals surface area contributed by atoms with Gasteiger partial charge >= 0.3 is 5.97 Å². The van der Waals surface area contributed by atoms with Crippen LogP contribution in [0.15, 0.2) is 34.2 Å². The van der Waals surface area contributed by atoms with Crippen LogP contribution in [0.1, 0.15) is 18.1 Å². The summed E-state index contributed by atoms with van der Waals surface area (Å²) in [7, 11) is 0. The van der Waals surface area contributed by atoms with Gasteiger partial charge in [-0.25, -0.2) is 4.98 Å². The van der Waals surface area contributed by atoms with E-state index in [2.05, 4.69) is 15.3 Å². The maximum absolute atomic E-state index is 12.1. The molecule has 0 radical (unpaired) electrons. The van der Waals surface area contributed by atoms with Gasteiger partial charge in [0.1, 0.15) is 6.07 Å². The lowest BCUT2D eigenvalue weighted by molar-refractivity contribution is -0.150. The highest BCUT2D eigenvalue weighted by atomic mass is 35.5. The number of carbonyl (C=O) groups is 2. The van der Waals surface area contributed by atoms with Crippen LogP contribution in [0.4, 0.5) is 5.69 Å². The predicted molar refractivity (Wildman–Crippen MR) is 101 cm³/mol. The van der Waals surface area contributed by atoms with Crippen LogP contribution in [-0.2, 0) is 14.3 Å². The van der Waals surface area contributed by atoms with Gasteiger partial charge in [0.25, 0.3) is 5.91 Å². The summed E-state index contributed by atoms with van der Waals surface area (Å²) in [6, 6.07) is 6.45. The predicted octanol–water partition coefficient (Wildman–Crippen LogP) is 2.27. The van der Waals surface area contributed by atoms with Crippen LogP contribution in [0, 0.1) is 18.3 Å². The zero-order chi connectivity index (χ0) is 20.0. The number of nitrogens with zero attached hydrogens (tertiary/aromatic N) is 2. The minimum Gasteiger partial charge on any atom is -0.452 e. The highest BCUT2D eigenvalue weighted by molar-refractivity contribution is 7.99. The summed E-state index contributed by atoms with van der Waals surface area (Å²) in [4.78, 5) is 41.9. The van der Waals surface area contributed by atoms with Crippen LogP contribution >= 0.6 is 23.4 Å². The highest BCUT2D eigenvalue weighted by Crippen LogP contribution is 2.21. The lowest BCUT2D eigenvalue weighted by Crippen LogP contribution is -2.30. The molecule has 2 rings (SSSR count). The Labute approximate surface area is 163 Å². The topological polar surface area (TPSA) is 125 Å². The maximum Gasteiger partial charge on any atom is 0.317 e. The second-order valence-electron chi connectivity index (χ2n) is 5.38. The van der Waals surface area contributed by atoms with Gasteiger partial charge in [-0.3, -0.25) is 14.4 Å². The minimum absolute atomic E-state index is 0.118. The number of amides is 1. The number of nitrogens with one attached hydrogen (secondary N) is 2. The standard InChI is InChI=1S/C17H15ClN4O4S/c1-9-6-13(23)22-17(11(9)7-19)27-8-14(24)26-10(2)16(25)21-12-4-3-5-20-15(12)18/h3-6,10H,8H2,1-2H3,(H,21,25)(H,22,23)/t10-/m0/s1. The van der Waals surface area contributed by atoms with Crippen molar-refractivity contribution in [3.8, 4) is 6.07 Å². The number of hydrogen-bond donors (Lipinski definition) is 2. The molecule has 8 nitrogen and oxygen atoms in total. The molecular weight excluding hydrogens is 392 g/mol. The van der Waals surface area contributed by atoms with Crippen LogP contribution in [0.25, 0.3) is 0 Å². The molecule has 2 aromatic rings. The number of esters is 1. The van der Waals surface area contributed by atoms with Crippen molar-refractivity contribution in [1.29, 1.82) is 5.26 Å². The molecule has 0 fully saturated rings. The number of anilines is 1. The minimum atomic E-state index is -1.07. The van der Waals surface area contributed by atoms with Gasteiger partial charge in [-0.05, 0) is 31.5 Å². The fourth-order valence-electron chi connectivity index (χ4n) is 2.04. The fraction of sp³-hybridized carbons (Fsp3) is 0.235. The molecule has 0 saturated heterocycles. The third-order valence-electron chi connectivity index (χ3n) is 3.35. The van der Waals surface area contributed by atoms with Crippen molar-refractivity contribution in [1.82, 2.24) is 9.97 Å². The van der Waals surface area contributed by atoms with Crippen molar-refractivity contribution in [2.45, 2.75) is 25.0 Å². The van der Waals surface area contributed by atoms with Crippen LogP contribution < -0.4 is 10.9 Å². The zero-order valence-corrected chi connectivity index (χ0v) is 16.0. The summed E-state index contributed by atoms with van der Waals surface area (Å²) in [6.45, 7) is 3.05. The van der Waals surface area contributed by atoms with E-state index in [1.165, 1.54) is 19.2 Å². The number of H-pyrrole nitrogens is 1. The quantitative estimate of drug-likeness (QED) is 0.428. The Hall–Kier alpha value is -2.83. The number of hydrogen-bond acceptors (Lipinski definition) is 7. The van der Waals surface area contributed by atoms with Crippen molar-refractivity contribution in [3.63, 3.8) is 0 Å². The highest BCUT2D eigenvalue weighted by Gasteiger charge is 2.20. The van der Waals surface area contributed by atoms with Crippen LogP contribution in [-0.4, -0.2) is 33.7 Å². The molecule has 0 aliphatic rings. The van der Waals surface area contributed by atoms with Crippen molar-refractivity contribution >= 4 is 40.9 Å². The van der Waals surface area contributed by atoms with Gasteiger partial charge in [0, 0.05) is 12.3 Å². The van der Waals surface area contributed by atoms with Gasteiger partial charge in [-0.15, -0.1) is 0 Å². The lowest BCUT2D eigenvalue weighted by Gasteiger charge is -2.14. The number of pyridine rings is 2. The first-order chi connectivity index (χ1) is 12.8. The van der Waals surface area contributed by atoms with Gasteiger partial charge < -0.3 is 15.0 Å². The second kappa shape index (κ2) is 9.21. The number of thioether (sulfide) groups is 1. The van der Waals surface area contributed by atoms with Crippen LogP contribution in [0.3, 0.4) is 0 Å². The number of aromatic nitrogens is 2. The van der Waals surface area contributed by atoms with E-state index >= 15 is 0 Å². The van der Waals surface area contributed by atoms with Gasteiger partial charge in [-0.2, -0.15) is 5.26 Å². The Morgan fingerprint density at radius 2 is 2.26 bits per heavy atom.